The van der Waals surface area contributed by atoms with E-state index in [0.717, 1.165) is 35.2 Å². The van der Waals surface area contributed by atoms with E-state index < -0.39 is 27.5 Å². The second kappa shape index (κ2) is 10.7. The predicted molar refractivity (Wildman–Crippen MR) is 139 cm³/mol. The minimum atomic E-state index is -4.54. The van der Waals surface area contributed by atoms with Crippen molar-refractivity contribution in [1.29, 1.82) is 0 Å². The Morgan fingerprint density at radius 2 is 1.68 bits per heavy atom. The van der Waals surface area contributed by atoms with Gasteiger partial charge in [-0.3, -0.25) is 9.78 Å². The Kier molecular flexibility index (Phi) is 7.63. The van der Waals surface area contributed by atoms with Crippen molar-refractivity contribution in [3.05, 3.63) is 108 Å². The van der Waals surface area contributed by atoms with E-state index in [0.29, 0.717) is 17.8 Å². The number of nitrogens with one attached hydrogen (secondary N) is 1. The molecule has 0 spiro atoms. The molecular weight excluding hydrogens is 515 g/mol. The van der Waals surface area contributed by atoms with Crippen LogP contribution in [-0.4, -0.2) is 30.5 Å². The normalized spacial score (nSPS) is 12.7. The molecule has 4 aromatic rings. The number of alkyl halides is 3. The lowest BCUT2D eigenvalue weighted by molar-refractivity contribution is -0.137. The average molecular weight is 540 g/mol. The van der Waals surface area contributed by atoms with Crippen LogP contribution in [0.5, 0.6) is 0 Å². The standard InChI is InChI=1S/C28H24F3N3O3S/c1-18(13-24-16-32-17-26(33-24)19-9-11-25(12-10-19)38(2,36)37)20-5-4-8-23(15-20)34-27(35)21-6-3-7-22(14-21)28(29,30)31/h3-12,14-18H,13H2,1-2H3,(H,34,35)/t18-/m1/s1. The van der Waals surface area contributed by atoms with Crippen LogP contribution in [-0.2, 0) is 22.4 Å². The summed E-state index contributed by atoms with van der Waals surface area (Å²) in [5.74, 6) is -0.654. The molecular formula is C28H24F3N3O3S. The number of anilines is 1. The highest BCUT2D eigenvalue weighted by Gasteiger charge is 2.30. The van der Waals surface area contributed by atoms with Gasteiger partial charge in [-0.05, 0) is 60.4 Å². The first-order chi connectivity index (χ1) is 17.9. The predicted octanol–water partition coefficient (Wildman–Crippen LogP) is 6.16. The fourth-order valence-corrected chi connectivity index (χ4v) is 4.54. The second-order valence-corrected chi connectivity index (χ2v) is 11.0. The smallest absolute Gasteiger partial charge is 0.322 e. The summed E-state index contributed by atoms with van der Waals surface area (Å²) in [6.07, 6.45) is 0.409. The third-order valence-electron chi connectivity index (χ3n) is 5.94. The van der Waals surface area contributed by atoms with Gasteiger partial charge >= 0.3 is 6.18 Å². The zero-order valence-corrected chi connectivity index (χ0v) is 21.3. The maximum atomic E-state index is 13.0. The van der Waals surface area contributed by atoms with E-state index in [1.54, 1.807) is 42.7 Å². The van der Waals surface area contributed by atoms with Crippen molar-refractivity contribution in [2.45, 2.75) is 30.3 Å². The minimum absolute atomic E-state index is 0.0161. The van der Waals surface area contributed by atoms with E-state index in [1.165, 1.54) is 24.3 Å². The number of hydrogen-bond acceptors (Lipinski definition) is 5. The van der Waals surface area contributed by atoms with E-state index in [9.17, 15) is 26.4 Å². The summed E-state index contributed by atoms with van der Waals surface area (Å²) in [4.78, 5) is 21.7. The highest BCUT2D eigenvalue weighted by Crippen LogP contribution is 2.30. The van der Waals surface area contributed by atoms with Gasteiger partial charge in [0.05, 0.1) is 28.0 Å². The number of rotatable bonds is 7. The maximum absolute atomic E-state index is 13.0. The van der Waals surface area contributed by atoms with Gasteiger partial charge in [-0.15, -0.1) is 0 Å². The van der Waals surface area contributed by atoms with Crippen LogP contribution in [0.2, 0.25) is 0 Å². The first-order valence-corrected chi connectivity index (χ1v) is 13.5. The van der Waals surface area contributed by atoms with Crippen LogP contribution in [0.1, 0.15) is 40.0 Å². The molecule has 10 heteroatoms. The Bertz CT molecular complexity index is 1570. The van der Waals surface area contributed by atoms with E-state index in [4.69, 9.17) is 0 Å². The van der Waals surface area contributed by atoms with Gasteiger partial charge in [0.25, 0.3) is 5.91 Å². The third-order valence-corrected chi connectivity index (χ3v) is 7.07. The van der Waals surface area contributed by atoms with Crippen molar-refractivity contribution in [2.24, 2.45) is 0 Å². The van der Waals surface area contributed by atoms with Crippen molar-refractivity contribution in [2.75, 3.05) is 11.6 Å². The molecule has 1 aromatic heterocycles. The Balaban J connectivity index is 1.47. The monoisotopic (exact) mass is 539 g/mol. The zero-order chi connectivity index (χ0) is 27.5. The van der Waals surface area contributed by atoms with Gasteiger partial charge in [0.1, 0.15) is 0 Å². The highest BCUT2D eigenvalue weighted by molar-refractivity contribution is 7.90. The summed E-state index contributed by atoms with van der Waals surface area (Å²) < 4.78 is 62.4. The van der Waals surface area contributed by atoms with E-state index in [2.05, 4.69) is 15.3 Å². The average Bonchev–Trinajstić information content (AvgIpc) is 2.88. The number of hydrogen-bond donors (Lipinski definition) is 1. The van der Waals surface area contributed by atoms with Gasteiger partial charge in [0, 0.05) is 29.3 Å². The lowest BCUT2D eigenvalue weighted by Crippen LogP contribution is -2.14. The molecule has 6 nitrogen and oxygen atoms in total. The zero-order valence-electron chi connectivity index (χ0n) is 20.5. The molecule has 1 atom stereocenters. The number of aromatic nitrogens is 2. The fraction of sp³-hybridized carbons (Fsp3) is 0.179. The van der Waals surface area contributed by atoms with Crippen LogP contribution in [0.15, 0.2) is 90.1 Å². The quantitative estimate of drug-likeness (QED) is 0.304. The molecule has 4 rings (SSSR count). The number of nitrogens with zero attached hydrogens (tertiary/aromatic N) is 2. The fourth-order valence-electron chi connectivity index (χ4n) is 3.91. The van der Waals surface area contributed by atoms with Gasteiger partial charge in [-0.25, -0.2) is 13.4 Å². The van der Waals surface area contributed by atoms with Crippen LogP contribution in [0.3, 0.4) is 0 Å². The first-order valence-electron chi connectivity index (χ1n) is 11.6. The van der Waals surface area contributed by atoms with Crippen LogP contribution in [0, 0.1) is 0 Å². The van der Waals surface area contributed by atoms with Crippen molar-refractivity contribution in [1.82, 2.24) is 9.97 Å². The second-order valence-electron chi connectivity index (χ2n) is 8.96. The molecule has 0 fully saturated rings. The highest BCUT2D eigenvalue weighted by atomic mass is 32.2. The van der Waals surface area contributed by atoms with Crippen molar-refractivity contribution in [3.63, 3.8) is 0 Å². The van der Waals surface area contributed by atoms with E-state index >= 15 is 0 Å². The number of benzene rings is 3. The SMILES string of the molecule is C[C@H](Cc1cncc(-c2ccc(S(C)(=O)=O)cc2)n1)c1cccc(NC(=O)c2cccc(C(F)(F)F)c2)c1. The summed E-state index contributed by atoms with van der Waals surface area (Å²) in [6, 6.07) is 17.8. The topological polar surface area (TPSA) is 89.0 Å². The van der Waals surface area contributed by atoms with Gasteiger partial charge in [0.15, 0.2) is 9.84 Å². The van der Waals surface area contributed by atoms with Gasteiger partial charge in [-0.2, -0.15) is 13.2 Å². The lowest BCUT2D eigenvalue weighted by Gasteiger charge is -2.14. The van der Waals surface area contributed by atoms with Gasteiger partial charge in [-0.1, -0.05) is 37.3 Å². The van der Waals surface area contributed by atoms with Crippen molar-refractivity contribution >= 4 is 21.4 Å². The molecule has 0 aliphatic heterocycles. The van der Waals surface area contributed by atoms with Crippen LogP contribution >= 0.6 is 0 Å². The van der Waals surface area contributed by atoms with Crippen LogP contribution < -0.4 is 5.32 Å². The molecule has 3 aromatic carbocycles. The van der Waals surface area contributed by atoms with Crippen LogP contribution in [0.25, 0.3) is 11.3 Å². The number of carbonyl (C=O) groups excluding carboxylic acids is 1. The Morgan fingerprint density at radius 3 is 2.37 bits per heavy atom. The number of sulfone groups is 1. The third kappa shape index (κ3) is 6.63. The van der Waals surface area contributed by atoms with E-state index in [1.807, 2.05) is 13.0 Å². The van der Waals surface area contributed by atoms with E-state index in [-0.39, 0.29) is 16.4 Å². The number of amides is 1. The van der Waals surface area contributed by atoms with Crippen molar-refractivity contribution in [3.8, 4) is 11.3 Å². The molecule has 0 bridgehead atoms. The minimum Gasteiger partial charge on any atom is -0.322 e. The Morgan fingerprint density at radius 1 is 0.974 bits per heavy atom. The maximum Gasteiger partial charge on any atom is 0.416 e. The van der Waals surface area contributed by atoms with Crippen LogP contribution in [0.4, 0.5) is 18.9 Å². The molecule has 0 aliphatic rings. The Hall–Kier alpha value is -4.05. The molecule has 0 radical (unpaired) electrons. The molecule has 1 N–H and O–H groups in total. The van der Waals surface area contributed by atoms with Gasteiger partial charge in [0.2, 0.25) is 0 Å². The summed E-state index contributed by atoms with van der Waals surface area (Å²) in [5.41, 5.74) is 2.45. The molecule has 0 saturated carbocycles. The largest absolute Gasteiger partial charge is 0.416 e. The summed E-state index contributed by atoms with van der Waals surface area (Å²) in [5, 5.41) is 2.66. The number of halogens is 3. The summed E-state index contributed by atoms with van der Waals surface area (Å²) in [6.45, 7) is 1.99. The molecule has 0 unspecified atom stereocenters. The molecule has 1 heterocycles. The van der Waals surface area contributed by atoms with Crippen molar-refractivity contribution < 1.29 is 26.4 Å². The number of carbonyl (C=O) groups is 1. The molecule has 0 saturated heterocycles. The summed E-state index contributed by atoms with van der Waals surface area (Å²) in [7, 11) is -3.30. The molecule has 1 amide bonds. The molecule has 0 aliphatic carbocycles. The first kappa shape index (κ1) is 27.0. The summed E-state index contributed by atoms with van der Waals surface area (Å²) >= 11 is 0. The van der Waals surface area contributed by atoms with Gasteiger partial charge < -0.3 is 5.32 Å². The Labute approximate surface area is 218 Å². The molecule has 196 valence electrons. The molecule has 38 heavy (non-hydrogen) atoms. The lowest BCUT2D eigenvalue weighted by atomic mass is 9.95.